The van der Waals surface area contributed by atoms with E-state index in [1.807, 2.05) is 59.5 Å². The van der Waals surface area contributed by atoms with E-state index in [0.717, 1.165) is 23.1 Å². The van der Waals surface area contributed by atoms with Gasteiger partial charge in [0.15, 0.2) is 17.6 Å². The molecule has 1 N–H and O–H groups in total. The van der Waals surface area contributed by atoms with Crippen molar-refractivity contribution in [3.8, 4) is 11.6 Å². The third kappa shape index (κ3) is 4.54. The maximum atomic E-state index is 13.6. The summed E-state index contributed by atoms with van der Waals surface area (Å²) in [6, 6.07) is 16.9. The molecule has 0 amide bonds. The first kappa shape index (κ1) is 24.9. The molecule has 40 heavy (non-hydrogen) atoms. The number of morpholine rings is 1. The molecule has 0 bridgehead atoms. The zero-order chi connectivity index (χ0) is 27.4. The van der Waals surface area contributed by atoms with E-state index in [2.05, 4.69) is 20.5 Å². The number of aliphatic imine (C=N–C) groups is 1. The largest absolute Gasteiger partial charge is 0.443 e. The summed E-state index contributed by atoms with van der Waals surface area (Å²) in [6.45, 7) is 0.839. The summed E-state index contributed by atoms with van der Waals surface area (Å²) < 4.78 is 52.3. The van der Waals surface area contributed by atoms with Crippen LogP contribution in [0.4, 0.5) is 24.2 Å². The number of Topliss-reactive ketones (excluding diaryl/α,β-unsaturated/α-hetero) is 1. The van der Waals surface area contributed by atoms with E-state index in [0.29, 0.717) is 35.2 Å². The van der Waals surface area contributed by atoms with Crippen LogP contribution in [0, 0.1) is 0 Å². The number of carbonyl (C=O) groups excluding carboxylic acids is 1. The minimum atomic E-state index is -4.63. The Labute approximate surface area is 229 Å². The van der Waals surface area contributed by atoms with E-state index in [9.17, 15) is 18.0 Å². The summed E-state index contributed by atoms with van der Waals surface area (Å²) in [5, 5.41) is 10.2. The first-order valence-corrected chi connectivity index (χ1v) is 13.5. The molecule has 9 nitrogen and oxygen atoms in total. The second-order valence-corrected chi connectivity index (χ2v) is 10.7. The monoisotopic (exact) mass is 566 g/mol. The van der Waals surface area contributed by atoms with Crippen LogP contribution in [0.1, 0.15) is 28.1 Å². The lowest BCUT2D eigenvalue weighted by Gasteiger charge is -2.27. The van der Waals surface area contributed by atoms with Crippen molar-refractivity contribution in [3.05, 3.63) is 76.3 Å². The van der Waals surface area contributed by atoms with Crippen LogP contribution in [0.5, 0.6) is 0 Å². The van der Waals surface area contributed by atoms with E-state index in [1.54, 1.807) is 0 Å². The molecule has 4 aromatic rings. The summed E-state index contributed by atoms with van der Waals surface area (Å²) in [4.78, 5) is 23.7. The fraction of sp³-hybridized carbons (Fsp3) is 0.296. The third-order valence-corrected chi connectivity index (χ3v) is 8.15. The molecule has 3 atom stereocenters. The minimum Gasteiger partial charge on any atom is -0.402 e. The number of halogens is 3. The SMILES string of the molecule is O=C1Cc2ccccc2C(c2ccccc2)=N[C@H]1Nc1nnc(-c2nc(C(F)(F)F)sc2N2CCO[C@H]3C[C@H]32)o1. The van der Waals surface area contributed by atoms with Crippen molar-refractivity contribution in [1.82, 2.24) is 15.2 Å². The number of fused-ring (bicyclic) bond motifs is 2. The van der Waals surface area contributed by atoms with Crippen molar-refractivity contribution in [2.45, 2.75) is 37.3 Å². The number of rotatable bonds is 5. The van der Waals surface area contributed by atoms with Crippen molar-refractivity contribution in [1.29, 1.82) is 0 Å². The Morgan fingerprint density at radius 3 is 2.67 bits per heavy atom. The van der Waals surface area contributed by atoms with Crippen LogP contribution in [0.3, 0.4) is 0 Å². The smallest absolute Gasteiger partial charge is 0.402 e. The summed E-state index contributed by atoms with van der Waals surface area (Å²) in [5.41, 5.74) is 3.09. The molecule has 1 saturated carbocycles. The predicted octanol–water partition coefficient (Wildman–Crippen LogP) is 4.59. The molecule has 4 heterocycles. The molecular weight excluding hydrogens is 545 g/mol. The number of thiazole rings is 1. The molecule has 3 aliphatic rings. The lowest BCUT2D eigenvalue weighted by molar-refractivity contribution is -0.137. The quantitative estimate of drug-likeness (QED) is 0.374. The van der Waals surface area contributed by atoms with E-state index >= 15 is 0 Å². The zero-order valence-electron chi connectivity index (χ0n) is 20.8. The molecule has 2 aromatic heterocycles. The van der Waals surface area contributed by atoms with Crippen molar-refractivity contribution >= 4 is 33.8 Å². The van der Waals surface area contributed by atoms with Gasteiger partial charge < -0.3 is 19.4 Å². The maximum absolute atomic E-state index is 13.6. The van der Waals surface area contributed by atoms with Gasteiger partial charge in [0.05, 0.1) is 24.5 Å². The molecule has 0 unspecified atom stereocenters. The number of anilines is 2. The summed E-state index contributed by atoms with van der Waals surface area (Å²) in [5.74, 6) is -0.399. The number of hydrogen-bond donors (Lipinski definition) is 1. The zero-order valence-corrected chi connectivity index (χ0v) is 21.6. The van der Waals surface area contributed by atoms with Crippen molar-refractivity contribution < 1.29 is 27.1 Å². The number of aromatic nitrogens is 3. The van der Waals surface area contributed by atoms with Gasteiger partial charge in [0, 0.05) is 24.1 Å². The predicted molar refractivity (Wildman–Crippen MR) is 141 cm³/mol. The maximum Gasteiger partial charge on any atom is 0.443 e. The molecule has 0 spiro atoms. The van der Waals surface area contributed by atoms with Gasteiger partial charge in [0.2, 0.25) is 5.01 Å². The van der Waals surface area contributed by atoms with Crippen molar-refractivity contribution in [3.63, 3.8) is 0 Å². The third-order valence-electron chi connectivity index (χ3n) is 7.01. The topological polar surface area (TPSA) is 106 Å². The standard InChI is InChI=1S/C27H21F3N6O3S/c28-27(29,30)25-32-21(24(40-25)36-10-11-38-19-13-17(19)36)23-34-35-26(39-23)33-22-18(37)12-15-8-4-5-9-16(15)20(31-22)14-6-2-1-3-7-14/h1-9,17,19,22H,10-13H2,(H,33,35)/t17-,19+,22+/m1/s1. The Kier molecular flexibility index (Phi) is 5.93. The van der Waals surface area contributed by atoms with Crippen LogP contribution in [-0.4, -0.2) is 58.1 Å². The minimum absolute atomic E-state index is 0.00000627. The van der Waals surface area contributed by atoms with Crippen molar-refractivity contribution in [2.24, 2.45) is 4.99 Å². The van der Waals surface area contributed by atoms with Gasteiger partial charge in [0.25, 0.3) is 5.89 Å². The molecule has 2 aliphatic heterocycles. The number of alkyl halides is 3. The summed E-state index contributed by atoms with van der Waals surface area (Å²) in [7, 11) is 0. The molecular formula is C27H21F3N6O3S. The molecule has 7 rings (SSSR count). The molecule has 204 valence electrons. The highest BCUT2D eigenvalue weighted by Gasteiger charge is 2.48. The van der Waals surface area contributed by atoms with E-state index < -0.39 is 17.3 Å². The Balaban J connectivity index is 1.22. The van der Waals surface area contributed by atoms with E-state index in [4.69, 9.17) is 14.1 Å². The van der Waals surface area contributed by atoms with Crippen LogP contribution >= 0.6 is 11.3 Å². The molecule has 1 saturated heterocycles. The number of hydrogen-bond acceptors (Lipinski definition) is 10. The highest BCUT2D eigenvalue weighted by atomic mass is 32.1. The molecule has 1 aliphatic carbocycles. The lowest BCUT2D eigenvalue weighted by Crippen LogP contribution is -2.36. The summed E-state index contributed by atoms with van der Waals surface area (Å²) in [6.07, 6.45) is -4.82. The van der Waals surface area contributed by atoms with Gasteiger partial charge in [-0.25, -0.2) is 4.98 Å². The Morgan fingerprint density at radius 1 is 1.05 bits per heavy atom. The van der Waals surface area contributed by atoms with Gasteiger partial charge >= 0.3 is 12.2 Å². The molecule has 0 radical (unpaired) electrons. The average molecular weight is 567 g/mol. The number of nitrogens with zero attached hydrogens (tertiary/aromatic N) is 5. The van der Waals surface area contributed by atoms with Gasteiger partial charge in [-0.2, -0.15) is 13.2 Å². The fourth-order valence-electron chi connectivity index (χ4n) is 5.05. The van der Waals surface area contributed by atoms with Gasteiger partial charge in [0.1, 0.15) is 5.00 Å². The van der Waals surface area contributed by atoms with Crippen LogP contribution in [0.15, 0.2) is 64.0 Å². The van der Waals surface area contributed by atoms with Crippen LogP contribution < -0.4 is 10.2 Å². The van der Waals surface area contributed by atoms with Crippen molar-refractivity contribution in [2.75, 3.05) is 23.4 Å². The second kappa shape index (κ2) is 9.52. The van der Waals surface area contributed by atoms with E-state index in [1.165, 1.54) is 0 Å². The molecule has 2 aromatic carbocycles. The number of ketones is 1. The Bertz CT molecular complexity index is 1620. The van der Waals surface area contributed by atoms with Gasteiger partial charge in [-0.05, 0) is 12.0 Å². The normalized spacial score (nSPS) is 22.3. The van der Waals surface area contributed by atoms with Gasteiger partial charge in [-0.15, -0.1) is 5.10 Å². The van der Waals surface area contributed by atoms with Gasteiger partial charge in [-0.3, -0.25) is 9.79 Å². The lowest BCUT2D eigenvalue weighted by atomic mass is 9.96. The number of benzene rings is 2. The first-order valence-electron chi connectivity index (χ1n) is 12.7. The van der Waals surface area contributed by atoms with Crippen LogP contribution in [0.25, 0.3) is 11.6 Å². The molecule has 13 heteroatoms. The average Bonchev–Trinajstić information content (AvgIpc) is 3.42. The van der Waals surface area contributed by atoms with Crippen LogP contribution in [0.2, 0.25) is 0 Å². The number of nitrogens with one attached hydrogen (secondary N) is 1. The number of ether oxygens (including phenoxy) is 1. The van der Waals surface area contributed by atoms with Crippen LogP contribution in [-0.2, 0) is 22.1 Å². The van der Waals surface area contributed by atoms with E-state index in [-0.39, 0.29) is 41.9 Å². The second-order valence-electron chi connectivity index (χ2n) is 9.68. The highest BCUT2D eigenvalue weighted by Crippen LogP contribution is 2.47. The first-order chi connectivity index (χ1) is 19.3. The number of carbonyl (C=O) groups is 1. The molecule has 2 fully saturated rings. The van der Waals surface area contributed by atoms with Gasteiger partial charge in [-0.1, -0.05) is 71.0 Å². The Hall–Kier alpha value is -4.10. The Morgan fingerprint density at radius 2 is 1.85 bits per heavy atom. The highest BCUT2D eigenvalue weighted by molar-refractivity contribution is 7.16. The summed E-state index contributed by atoms with van der Waals surface area (Å²) >= 11 is 0.547. The fourth-order valence-corrected chi connectivity index (χ4v) is 6.06.